The SMILES string of the molecule is CC(C)(C1CCN(C(=O)c2ccccc2OC(F)F)CC1)S(=O)(=O)c1cccc(C(F)(F)F)c1. The van der Waals surface area contributed by atoms with Crippen LogP contribution in [-0.4, -0.2) is 43.7 Å². The summed E-state index contributed by atoms with van der Waals surface area (Å²) in [4.78, 5) is 13.9. The number of hydrogen-bond acceptors (Lipinski definition) is 4. The van der Waals surface area contributed by atoms with Crippen molar-refractivity contribution < 1.29 is 39.9 Å². The molecule has 5 nitrogen and oxygen atoms in total. The van der Waals surface area contributed by atoms with E-state index in [9.17, 15) is 35.2 Å². The van der Waals surface area contributed by atoms with Gasteiger partial charge in [0.25, 0.3) is 5.91 Å². The van der Waals surface area contributed by atoms with E-state index in [2.05, 4.69) is 4.74 Å². The van der Waals surface area contributed by atoms with Crippen LogP contribution < -0.4 is 4.74 Å². The molecule has 1 aliphatic heterocycles. The van der Waals surface area contributed by atoms with Crippen molar-refractivity contribution in [1.82, 2.24) is 4.90 Å². The van der Waals surface area contributed by atoms with Crippen LogP contribution in [0.2, 0.25) is 0 Å². The second kappa shape index (κ2) is 9.52. The van der Waals surface area contributed by atoms with Crippen molar-refractivity contribution in [2.75, 3.05) is 13.1 Å². The zero-order chi connectivity index (χ0) is 25.3. The first-order valence-corrected chi connectivity index (χ1v) is 12.0. The standard InChI is InChI=1S/C23H24F5NO4S/c1-22(2,34(31,32)17-7-5-6-16(14-17)23(26,27)28)15-10-12-29(13-11-15)20(30)18-8-3-4-9-19(18)33-21(24)25/h3-9,14-15,21H,10-13H2,1-2H3. The van der Waals surface area contributed by atoms with E-state index >= 15 is 0 Å². The number of nitrogens with zero attached hydrogens (tertiary/aromatic N) is 1. The Labute approximate surface area is 194 Å². The van der Waals surface area contributed by atoms with E-state index in [1.807, 2.05) is 0 Å². The molecule has 11 heteroatoms. The predicted molar refractivity (Wildman–Crippen MR) is 114 cm³/mol. The van der Waals surface area contributed by atoms with Gasteiger partial charge in [0.2, 0.25) is 0 Å². The lowest BCUT2D eigenvalue weighted by Crippen LogP contribution is -2.47. The van der Waals surface area contributed by atoms with Gasteiger partial charge in [-0.1, -0.05) is 18.2 Å². The van der Waals surface area contributed by atoms with Gasteiger partial charge in [-0.15, -0.1) is 0 Å². The Morgan fingerprint density at radius 2 is 1.65 bits per heavy atom. The third-order valence-corrected chi connectivity index (χ3v) is 8.86. The molecular weight excluding hydrogens is 481 g/mol. The van der Waals surface area contributed by atoms with Crippen LogP contribution in [0.3, 0.4) is 0 Å². The molecule has 2 aromatic carbocycles. The zero-order valence-electron chi connectivity index (χ0n) is 18.5. The molecular formula is C23H24F5NO4S. The fourth-order valence-electron chi connectivity index (χ4n) is 4.15. The molecule has 0 radical (unpaired) electrons. The predicted octanol–water partition coefficient (Wildman–Crippen LogP) is 5.41. The number of carbonyl (C=O) groups excluding carboxylic acids is 1. The maximum atomic E-state index is 13.3. The molecule has 34 heavy (non-hydrogen) atoms. The molecule has 0 spiro atoms. The molecule has 1 amide bonds. The maximum Gasteiger partial charge on any atom is 0.416 e. The molecule has 3 rings (SSSR count). The summed E-state index contributed by atoms with van der Waals surface area (Å²) in [6.07, 6.45) is -4.13. The number of piperidine rings is 1. The minimum atomic E-state index is -4.67. The van der Waals surface area contributed by atoms with Crippen molar-refractivity contribution in [3.05, 3.63) is 59.7 Å². The zero-order valence-corrected chi connectivity index (χ0v) is 19.3. The molecule has 1 saturated heterocycles. The number of likely N-dealkylation sites (tertiary alicyclic amines) is 1. The smallest absolute Gasteiger partial charge is 0.416 e. The quantitative estimate of drug-likeness (QED) is 0.493. The molecule has 1 aliphatic rings. The van der Waals surface area contributed by atoms with Crippen LogP contribution in [0.4, 0.5) is 22.0 Å². The van der Waals surface area contributed by atoms with E-state index in [-0.39, 0.29) is 37.2 Å². The van der Waals surface area contributed by atoms with Crippen molar-refractivity contribution >= 4 is 15.7 Å². The summed E-state index contributed by atoms with van der Waals surface area (Å²) in [5, 5.41) is 0. The summed E-state index contributed by atoms with van der Waals surface area (Å²) in [6.45, 7) is 0.163. The average molecular weight is 506 g/mol. The number of rotatable bonds is 6. The average Bonchev–Trinajstić information content (AvgIpc) is 2.78. The van der Waals surface area contributed by atoms with Gasteiger partial charge in [0.15, 0.2) is 9.84 Å². The van der Waals surface area contributed by atoms with E-state index in [4.69, 9.17) is 0 Å². The van der Waals surface area contributed by atoms with Crippen LogP contribution in [-0.2, 0) is 16.0 Å². The highest BCUT2D eigenvalue weighted by atomic mass is 32.2. The monoisotopic (exact) mass is 505 g/mol. The fraction of sp³-hybridized carbons (Fsp3) is 0.435. The van der Waals surface area contributed by atoms with Gasteiger partial charge in [0.05, 0.1) is 20.8 Å². The van der Waals surface area contributed by atoms with Gasteiger partial charge >= 0.3 is 12.8 Å². The van der Waals surface area contributed by atoms with Gasteiger partial charge < -0.3 is 9.64 Å². The summed E-state index contributed by atoms with van der Waals surface area (Å²) in [5.41, 5.74) is -1.08. The highest BCUT2D eigenvalue weighted by Crippen LogP contribution is 2.40. The first-order valence-electron chi connectivity index (χ1n) is 10.5. The second-order valence-corrected chi connectivity index (χ2v) is 11.1. The lowest BCUT2D eigenvalue weighted by Gasteiger charge is -2.40. The molecule has 0 unspecified atom stereocenters. The molecule has 186 valence electrons. The Bertz CT molecular complexity index is 1140. The number of benzene rings is 2. The summed E-state index contributed by atoms with van der Waals surface area (Å²) >= 11 is 0. The van der Waals surface area contributed by atoms with Crippen LogP contribution in [0, 0.1) is 5.92 Å². The summed E-state index contributed by atoms with van der Waals surface area (Å²) < 4.78 is 94.2. The number of halogens is 5. The van der Waals surface area contributed by atoms with E-state index in [0.717, 1.165) is 18.2 Å². The van der Waals surface area contributed by atoms with Crippen molar-refractivity contribution in [3.8, 4) is 5.75 Å². The Hall–Kier alpha value is -2.69. The number of alkyl halides is 5. The lowest BCUT2D eigenvalue weighted by molar-refractivity contribution is -0.137. The number of sulfone groups is 1. The summed E-state index contributed by atoms with van der Waals surface area (Å²) in [7, 11) is -4.14. The van der Waals surface area contributed by atoms with Crippen molar-refractivity contribution in [3.63, 3.8) is 0 Å². The van der Waals surface area contributed by atoms with Crippen LogP contribution >= 0.6 is 0 Å². The third kappa shape index (κ3) is 5.18. The molecule has 0 N–H and O–H groups in total. The van der Waals surface area contributed by atoms with Crippen LogP contribution in [0.15, 0.2) is 53.4 Å². The molecule has 1 heterocycles. The number of para-hydroxylation sites is 1. The minimum Gasteiger partial charge on any atom is -0.434 e. The van der Waals surface area contributed by atoms with Gasteiger partial charge in [0.1, 0.15) is 5.75 Å². The Balaban J connectivity index is 1.76. The van der Waals surface area contributed by atoms with E-state index in [1.165, 1.54) is 43.0 Å². The summed E-state index contributed by atoms with van der Waals surface area (Å²) in [5.74, 6) is -1.21. The number of hydrogen-bond donors (Lipinski definition) is 0. The maximum absolute atomic E-state index is 13.3. The van der Waals surface area contributed by atoms with Gasteiger partial charge in [-0.25, -0.2) is 8.42 Å². The summed E-state index contributed by atoms with van der Waals surface area (Å²) in [6, 6.07) is 9.26. The first-order chi connectivity index (χ1) is 15.7. The molecule has 0 aliphatic carbocycles. The van der Waals surface area contributed by atoms with Crippen LogP contribution in [0.1, 0.15) is 42.6 Å². The van der Waals surface area contributed by atoms with E-state index in [1.54, 1.807) is 0 Å². The van der Waals surface area contributed by atoms with Crippen molar-refractivity contribution in [2.24, 2.45) is 5.92 Å². The molecule has 0 aromatic heterocycles. The minimum absolute atomic E-state index is 0.0305. The molecule has 1 fully saturated rings. The molecule has 0 atom stereocenters. The van der Waals surface area contributed by atoms with Gasteiger partial charge in [-0.3, -0.25) is 4.79 Å². The number of carbonyl (C=O) groups is 1. The Morgan fingerprint density at radius 3 is 2.24 bits per heavy atom. The largest absolute Gasteiger partial charge is 0.434 e. The van der Waals surface area contributed by atoms with E-state index < -0.39 is 49.7 Å². The lowest BCUT2D eigenvalue weighted by atomic mass is 9.85. The van der Waals surface area contributed by atoms with Crippen LogP contribution in [0.25, 0.3) is 0 Å². The van der Waals surface area contributed by atoms with Gasteiger partial charge in [-0.2, -0.15) is 22.0 Å². The highest BCUT2D eigenvalue weighted by molar-refractivity contribution is 7.92. The van der Waals surface area contributed by atoms with Gasteiger partial charge in [-0.05, 0) is 62.9 Å². The molecule has 0 bridgehead atoms. The Morgan fingerprint density at radius 1 is 1.03 bits per heavy atom. The second-order valence-electron chi connectivity index (χ2n) is 8.57. The Kier molecular flexibility index (Phi) is 7.26. The molecule has 2 aromatic rings. The van der Waals surface area contributed by atoms with Crippen LogP contribution in [0.5, 0.6) is 5.75 Å². The number of amides is 1. The van der Waals surface area contributed by atoms with E-state index in [0.29, 0.717) is 6.07 Å². The van der Waals surface area contributed by atoms with Crippen molar-refractivity contribution in [1.29, 1.82) is 0 Å². The molecule has 0 saturated carbocycles. The van der Waals surface area contributed by atoms with Gasteiger partial charge in [0, 0.05) is 13.1 Å². The third-order valence-electron chi connectivity index (χ3n) is 6.26. The number of ether oxygens (including phenoxy) is 1. The topological polar surface area (TPSA) is 63.7 Å². The fourth-order valence-corrected chi connectivity index (χ4v) is 5.97. The first kappa shape index (κ1) is 25.9. The van der Waals surface area contributed by atoms with Crippen molar-refractivity contribution in [2.45, 2.75) is 49.1 Å². The normalized spacial score (nSPS) is 16.1. The highest BCUT2D eigenvalue weighted by Gasteiger charge is 2.45.